The van der Waals surface area contributed by atoms with Crippen LogP contribution in [-0.4, -0.2) is 59.6 Å². The summed E-state index contributed by atoms with van der Waals surface area (Å²) in [6.45, 7) is 2.70. The van der Waals surface area contributed by atoms with Crippen LogP contribution in [0.4, 0.5) is 13.2 Å². The molecule has 1 amide bonds. The molecule has 1 heterocycles. The minimum atomic E-state index is -4.72. The zero-order chi connectivity index (χ0) is 15.0. The van der Waals surface area contributed by atoms with Crippen LogP contribution in [0.15, 0.2) is 0 Å². The van der Waals surface area contributed by atoms with Gasteiger partial charge in [-0.1, -0.05) is 12.8 Å². The van der Waals surface area contributed by atoms with Gasteiger partial charge in [0.25, 0.3) is 5.91 Å². The van der Waals surface area contributed by atoms with Crippen molar-refractivity contribution >= 4 is 5.91 Å². The van der Waals surface area contributed by atoms with E-state index in [1.807, 2.05) is 0 Å². The number of carbonyl (C=O) groups excluding carboxylic acids is 1. The first kappa shape index (κ1) is 15.6. The van der Waals surface area contributed by atoms with Crippen LogP contribution in [-0.2, 0) is 4.79 Å². The number of nitrogens with zero attached hydrogens (tertiary/aromatic N) is 2. The molecule has 2 fully saturated rings. The lowest BCUT2D eigenvalue weighted by atomic mass is 10.0. The first-order valence-electron chi connectivity index (χ1n) is 7.12. The minimum absolute atomic E-state index is 0.332. The van der Waals surface area contributed by atoms with Crippen molar-refractivity contribution in [2.24, 2.45) is 5.73 Å². The average molecular weight is 293 g/mol. The highest BCUT2D eigenvalue weighted by Crippen LogP contribution is 2.30. The third-order valence-corrected chi connectivity index (χ3v) is 4.48. The third kappa shape index (κ3) is 2.93. The molecular weight excluding hydrogens is 271 g/mol. The maximum absolute atomic E-state index is 12.8. The molecule has 4 nitrogen and oxygen atoms in total. The molecule has 7 heteroatoms. The lowest BCUT2D eigenvalue weighted by Crippen LogP contribution is -2.64. The van der Waals surface area contributed by atoms with Crippen molar-refractivity contribution in [3.63, 3.8) is 0 Å². The molecule has 2 aliphatic rings. The average Bonchev–Trinajstić information content (AvgIpc) is 2.90. The monoisotopic (exact) mass is 293 g/mol. The molecule has 1 aliphatic carbocycles. The Kier molecular flexibility index (Phi) is 4.30. The van der Waals surface area contributed by atoms with Gasteiger partial charge in [-0.05, 0) is 19.8 Å². The van der Waals surface area contributed by atoms with E-state index in [1.54, 1.807) is 0 Å². The fourth-order valence-corrected chi connectivity index (χ4v) is 3.01. The summed E-state index contributed by atoms with van der Waals surface area (Å²) in [5.74, 6) is -1.02. The second-order valence-corrected chi connectivity index (χ2v) is 5.97. The Hall–Kier alpha value is -0.820. The van der Waals surface area contributed by atoms with Gasteiger partial charge in [-0.3, -0.25) is 9.69 Å². The highest BCUT2D eigenvalue weighted by molar-refractivity contribution is 5.86. The smallest absolute Gasteiger partial charge is 0.338 e. The van der Waals surface area contributed by atoms with Crippen molar-refractivity contribution in [1.82, 2.24) is 9.80 Å². The summed E-state index contributed by atoms with van der Waals surface area (Å²) < 4.78 is 38.3. The molecule has 1 aliphatic heterocycles. The summed E-state index contributed by atoms with van der Waals surface area (Å²) in [6.07, 6.45) is 0.0420. The number of rotatable bonds is 2. The van der Waals surface area contributed by atoms with E-state index in [-0.39, 0.29) is 0 Å². The van der Waals surface area contributed by atoms with Crippen molar-refractivity contribution in [1.29, 1.82) is 0 Å². The highest BCUT2D eigenvalue weighted by Gasteiger charge is 2.55. The molecule has 20 heavy (non-hydrogen) atoms. The normalized spacial score (nSPS) is 25.8. The Bertz CT molecular complexity index is 356. The highest BCUT2D eigenvalue weighted by atomic mass is 19.4. The van der Waals surface area contributed by atoms with Gasteiger partial charge in [-0.15, -0.1) is 0 Å². The molecular formula is C13H22F3N3O. The summed E-state index contributed by atoms with van der Waals surface area (Å²) in [4.78, 5) is 15.5. The van der Waals surface area contributed by atoms with Crippen LogP contribution < -0.4 is 5.73 Å². The van der Waals surface area contributed by atoms with E-state index in [1.165, 1.54) is 17.7 Å². The number of nitrogens with two attached hydrogens (primary N) is 1. The van der Waals surface area contributed by atoms with Crippen molar-refractivity contribution in [2.75, 3.05) is 26.2 Å². The quantitative estimate of drug-likeness (QED) is 0.836. The third-order valence-electron chi connectivity index (χ3n) is 4.48. The molecule has 0 radical (unpaired) electrons. The minimum Gasteiger partial charge on any atom is -0.338 e. The van der Waals surface area contributed by atoms with E-state index < -0.39 is 17.6 Å². The molecule has 0 aromatic heterocycles. The zero-order valence-electron chi connectivity index (χ0n) is 11.7. The van der Waals surface area contributed by atoms with E-state index in [9.17, 15) is 18.0 Å². The molecule has 1 unspecified atom stereocenters. The summed E-state index contributed by atoms with van der Waals surface area (Å²) in [6, 6.07) is 0.541. The number of piperazine rings is 1. The van der Waals surface area contributed by atoms with Crippen molar-refractivity contribution in [3.05, 3.63) is 0 Å². The maximum atomic E-state index is 12.8. The number of carbonyl (C=O) groups is 1. The predicted octanol–water partition coefficient (Wildman–Crippen LogP) is 1.35. The van der Waals surface area contributed by atoms with Gasteiger partial charge in [-0.25, -0.2) is 0 Å². The van der Waals surface area contributed by atoms with Crippen molar-refractivity contribution in [2.45, 2.75) is 50.4 Å². The molecule has 0 bridgehead atoms. The largest absolute Gasteiger partial charge is 0.415 e. The van der Waals surface area contributed by atoms with Gasteiger partial charge in [0.05, 0.1) is 0 Å². The second kappa shape index (κ2) is 5.52. The van der Waals surface area contributed by atoms with Gasteiger partial charge < -0.3 is 10.6 Å². The first-order valence-corrected chi connectivity index (χ1v) is 7.12. The van der Waals surface area contributed by atoms with Gasteiger partial charge in [0.1, 0.15) is 0 Å². The standard InChI is InChI=1S/C13H22F3N3O/c1-12(17,13(14,15)16)11(20)19-8-6-18(7-9-19)10-4-2-3-5-10/h10H,2-9,17H2,1H3. The maximum Gasteiger partial charge on any atom is 0.415 e. The Morgan fingerprint density at radius 1 is 1.10 bits per heavy atom. The molecule has 1 saturated heterocycles. The SMILES string of the molecule is CC(N)(C(=O)N1CCN(C2CCCC2)CC1)C(F)(F)F. The molecule has 2 rings (SSSR count). The molecule has 1 atom stereocenters. The Labute approximate surface area is 117 Å². The van der Waals surface area contributed by atoms with E-state index in [2.05, 4.69) is 4.90 Å². The van der Waals surface area contributed by atoms with E-state index in [0.717, 1.165) is 19.8 Å². The number of alkyl halides is 3. The van der Waals surface area contributed by atoms with Crippen LogP contribution in [0.25, 0.3) is 0 Å². The van der Waals surface area contributed by atoms with Crippen LogP contribution in [0, 0.1) is 0 Å². The topological polar surface area (TPSA) is 49.6 Å². The number of hydrogen-bond acceptors (Lipinski definition) is 3. The fourth-order valence-electron chi connectivity index (χ4n) is 3.01. The number of hydrogen-bond donors (Lipinski definition) is 1. The summed E-state index contributed by atoms with van der Waals surface area (Å²) in [5, 5.41) is 0. The van der Waals surface area contributed by atoms with E-state index in [4.69, 9.17) is 5.73 Å². The van der Waals surface area contributed by atoms with Crippen LogP contribution in [0.2, 0.25) is 0 Å². The molecule has 2 N–H and O–H groups in total. The summed E-state index contributed by atoms with van der Waals surface area (Å²) in [5.41, 5.74) is 2.41. The lowest BCUT2D eigenvalue weighted by Gasteiger charge is -2.40. The van der Waals surface area contributed by atoms with Crippen LogP contribution in [0.3, 0.4) is 0 Å². The molecule has 116 valence electrons. The zero-order valence-corrected chi connectivity index (χ0v) is 11.7. The molecule has 0 aromatic rings. The van der Waals surface area contributed by atoms with E-state index >= 15 is 0 Å². The summed E-state index contributed by atoms with van der Waals surface area (Å²) in [7, 11) is 0. The fraction of sp³-hybridized carbons (Fsp3) is 0.923. The van der Waals surface area contributed by atoms with Gasteiger partial charge in [0, 0.05) is 32.2 Å². The van der Waals surface area contributed by atoms with Crippen LogP contribution >= 0.6 is 0 Å². The number of halogens is 3. The summed E-state index contributed by atoms with van der Waals surface area (Å²) >= 11 is 0. The van der Waals surface area contributed by atoms with Gasteiger partial charge >= 0.3 is 6.18 Å². The van der Waals surface area contributed by atoms with Gasteiger partial charge in [0.2, 0.25) is 0 Å². The molecule has 1 saturated carbocycles. The van der Waals surface area contributed by atoms with Gasteiger partial charge in [-0.2, -0.15) is 13.2 Å². The Morgan fingerprint density at radius 2 is 1.60 bits per heavy atom. The van der Waals surface area contributed by atoms with Crippen LogP contribution in [0.5, 0.6) is 0 Å². The van der Waals surface area contributed by atoms with E-state index in [0.29, 0.717) is 32.2 Å². The Morgan fingerprint density at radius 3 is 2.05 bits per heavy atom. The molecule has 0 aromatic carbocycles. The predicted molar refractivity (Wildman–Crippen MR) is 69.1 cm³/mol. The first-order chi connectivity index (χ1) is 9.23. The van der Waals surface area contributed by atoms with Crippen molar-refractivity contribution < 1.29 is 18.0 Å². The molecule has 0 spiro atoms. The van der Waals surface area contributed by atoms with Gasteiger partial charge in [0.15, 0.2) is 5.54 Å². The number of amides is 1. The lowest BCUT2D eigenvalue weighted by molar-refractivity contribution is -0.194. The second-order valence-electron chi connectivity index (χ2n) is 5.97. The Balaban J connectivity index is 1.91. The van der Waals surface area contributed by atoms with Crippen LogP contribution in [0.1, 0.15) is 32.6 Å². The van der Waals surface area contributed by atoms with Crippen molar-refractivity contribution in [3.8, 4) is 0 Å².